The Morgan fingerprint density at radius 1 is 1.13 bits per heavy atom. The maximum Gasteiger partial charge on any atom is 0.255 e. The molecule has 2 heterocycles. The van der Waals surface area contributed by atoms with Crippen LogP contribution in [0.3, 0.4) is 0 Å². The molecule has 1 atom stereocenters. The molecule has 6 nitrogen and oxygen atoms in total. The van der Waals surface area contributed by atoms with E-state index in [2.05, 4.69) is 21.2 Å². The lowest BCUT2D eigenvalue weighted by atomic mass is 9.98. The topological polar surface area (TPSA) is 69.7 Å². The molecule has 0 aromatic heterocycles. The lowest BCUT2D eigenvalue weighted by Crippen LogP contribution is -2.60. The number of anilines is 1. The van der Waals surface area contributed by atoms with Gasteiger partial charge < -0.3 is 15.1 Å². The van der Waals surface area contributed by atoms with Crippen molar-refractivity contribution in [3.8, 4) is 0 Å². The first-order valence-electron chi connectivity index (χ1n) is 9.86. The number of benzene rings is 2. The molecule has 2 aromatic rings. The molecule has 4 rings (SSSR count). The SMILES string of the molecule is O=C(Nc1ccc(Br)cc1F)c1ccc(CN2CC(=O)N3CCCC[C@H]3C2=O)cc1. The zero-order chi connectivity index (χ0) is 21.3. The van der Waals surface area contributed by atoms with E-state index < -0.39 is 11.7 Å². The third-order valence-corrected chi connectivity index (χ3v) is 6.01. The Kier molecular flexibility index (Phi) is 5.85. The number of carbonyl (C=O) groups is 3. The molecule has 2 aromatic carbocycles. The van der Waals surface area contributed by atoms with Gasteiger partial charge >= 0.3 is 0 Å². The number of rotatable bonds is 4. The molecule has 0 aliphatic carbocycles. The van der Waals surface area contributed by atoms with Gasteiger partial charge in [-0.3, -0.25) is 14.4 Å². The van der Waals surface area contributed by atoms with Gasteiger partial charge in [-0.15, -0.1) is 0 Å². The van der Waals surface area contributed by atoms with E-state index in [0.29, 0.717) is 29.5 Å². The molecule has 156 valence electrons. The summed E-state index contributed by atoms with van der Waals surface area (Å²) in [7, 11) is 0. The van der Waals surface area contributed by atoms with E-state index in [-0.39, 0.29) is 30.1 Å². The molecule has 0 spiro atoms. The quantitative estimate of drug-likeness (QED) is 0.737. The number of amides is 3. The summed E-state index contributed by atoms with van der Waals surface area (Å²) >= 11 is 3.18. The van der Waals surface area contributed by atoms with Crippen LogP contribution in [0.1, 0.15) is 35.2 Å². The van der Waals surface area contributed by atoms with E-state index >= 15 is 0 Å². The molecule has 0 radical (unpaired) electrons. The zero-order valence-electron chi connectivity index (χ0n) is 16.2. The maximum atomic E-state index is 13.9. The van der Waals surface area contributed by atoms with Gasteiger partial charge in [0.25, 0.3) is 5.91 Å². The van der Waals surface area contributed by atoms with Crippen molar-refractivity contribution in [2.75, 3.05) is 18.4 Å². The smallest absolute Gasteiger partial charge is 0.255 e. The minimum absolute atomic E-state index is 0.00757. The molecule has 0 unspecified atom stereocenters. The first-order valence-corrected chi connectivity index (χ1v) is 10.7. The van der Waals surface area contributed by atoms with Crippen LogP contribution in [0.4, 0.5) is 10.1 Å². The normalized spacial score (nSPS) is 18.9. The molecule has 0 bridgehead atoms. The molecular weight excluding hydrogens is 453 g/mol. The largest absolute Gasteiger partial charge is 0.329 e. The molecular formula is C22H21BrFN3O3. The first kappa shape index (κ1) is 20.5. The third kappa shape index (κ3) is 4.23. The zero-order valence-corrected chi connectivity index (χ0v) is 17.8. The number of halogens is 2. The molecule has 2 fully saturated rings. The van der Waals surface area contributed by atoms with E-state index in [9.17, 15) is 18.8 Å². The van der Waals surface area contributed by atoms with E-state index in [1.807, 2.05) is 0 Å². The number of carbonyl (C=O) groups excluding carboxylic acids is 3. The summed E-state index contributed by atoms with van der Waals surface area (Å²) in [6.45, 7) is 1.06. The van der Waals surface area contributed by atoms with Gasteiger partial charge in [0.2, 0.25) is 11.8 Å². The van der Waals surface area contributed by atoms with E-state index in [4.69, 9.17) is 0 Å². The predicted molar refractivity (Wildman–Crippen MR) is 113 cm³/mol. The molecule has 2 saturated heterocycles. The Morgan fingerprint density at radius 2 is 1.90 bits per heavy atom. The second kappa shape index (κ2) is 8.55. The van der Waals surface area contributed by atoms with Crippen molar-refractivity contribution in [3.05, 3.63) is 63.9 Å². The van der Waals surface area contributed by atoms with Gasteiger partial charge in [-0.25, -0.2) is 4.39 Å². The Morgan fingerprint density at radius 3 is 2.63 bits per heavy atom. The van der Waals surface area contributed by atoms with Crippen LogP contribution in [0.15, 0.2) is 46.9 Å². The molecule has 30 heavy (non-hydrogen) atoms. The summed E-state index contributed by atoms with van der Waals surface area (Å²) < 4.78 is 14.5. The number of fused-ring (bicyclic) bond motifs is 1. The van der Waals surface area contributed by atoms with Gasteiger partial charge in [-0.2, -0.15) is 0 Å². The standard InChI is InChI=1S/C22H21BrFN3O3/c23-16-8-9-18(17(24)11-16)25-21(29)15-6-4-14(5-7-15)12-26-13-20(28)27-10-2-1-3-19(27)22(26)30/h4-9,11,19H,1-3,10,12-13H2,(H,25,29)/t19-/m0/s1. The summed E-state index contributed by atoms with van der Waals surface area (Å²) in [5, 5.41) is 2.55. The lowest BCUT2D eigenvalue weighted by molar-refractivity contribution is -0.158. The fourth-order valence-corrected chi connectivity index (χ4v) is 4.26. The molecule has 8 heteroatoms. The summed E-state index contributed by atoms with van der Waals surface area (Å²) in [6, 6.07) is 10.8. The van der Waals surface area contributed by atoms with Crippen LogP contribution < -0.4 is 5.32 Å². The highest BCUT2D eigenvalue weighted by Gasteiger charge is 2.40. The fourth-order valence-electron chi connectivity index (χ4n) is 3.93. The van der Waals surface area contributed by atoms with Crippen LogP contribution in [0.25, 0.3) is 0 Å². The Balaban J connectivity index is 1.41. The first-order chi connectivity index (χ1) is 14.4. The average Bonchev–Trinajstić information content (AvgIpc) is 2.74. The monoisotopic (exact) mass is 473 g/mol. The van der Waals surface area contributed by atoms with Gasteiger partial charge in [-0.1, -0.05) is 28.1 Å². The number of nitrogens with zero attached hydrogens (tertiary/aromatic N) is 2. The van der Waals surface area contributed by atoms with Crippen molar-refractivity contribution in [3.63, 3.8) is 0 Å². The van der Waals surface area contributed by atoms with Gasteiger partial charge in [0.1, 0.15) is 18.4 Å². The Hall–Kier alpha value is -2.74. The molecule has 3 amide bonds. The molecule has 1 N–H and O–H groups in total. The Bertz CT molecular complexity index is 996. The molecule has 2 aliphatic heterocycles. The van der Waals surface area contributed by atoms with Gasteiger partial charge in [0.15, 0.2) is 0 Å². The van der Waals surface area contributed by atoms with Crippen LogP contribution >= 0.6 is 15.9 Å². The minimum atomic E-state index is -0.528. The number of hydrogen-bond acceptors (Lipinski definition) is 3. The van der Waals surface area contributed by atoms with E-state index in [1.54, 1.807) is 40.1 Å². The second-order valence-corrected chi connectivity index (χ2v) is 8.48. The summed E-state index contributed by atoms with van der Waals surface area (Å²) in [4.78, 5) is 40.8. The van der Waals surface area contributed by atoms with Crippen molar-refractivity contribution in [1.82, 2.24) is 9.80 Å². The lowest BCUT2D eigenvalue weighted by Gasteiger charge is -2.42. The summed E-state index contributed by atoms with van der Waals surface area (Å²) in [5.41, 5.74) is 1.30. The third-order valence-electron chi connectivity index (χ3n) is 5.51. The van der Waals surface area contributed by atoms with Crippen LogP contribution in [-0.4, -0.2) is 46.7 Å². The van der Waals surface area contributed by atoms with Gasteiger partial charge in [0, 0.05) is 23.1 Å². The summed E-state index contributed by atoms with van der Waals surface area (Å²) in [5.74, 6) is -0.974. The second-order valence-electron chi connectivity index (χ2n) is 7.57. The predicted octanol–water partition coefficient (Wildman–Crippen LogP) is 3.56. The molecule has 2 aliphatic rings. The van der Waals surface area contributed by atoms with Crippen LogP contribution in [-0.2, 0) is 16.1 Å². The number of nitrogens with one attached hydrogen (secondary N) is 1. The highest BCUT2D eigenvalue weighted by Crippen LogP contribution is 2.24. The van der Waals surface area contributed by atoms with E-state index in [0.717, 1.165) is 18.4 Å². The van der Waals surface area contributed by atoms with Crippen LogP contribution in [0.5, 0.6) is 0 Å². The van der Waals surface area contributed by atoms with Crippen molar-refractivity contribution in [2.45, 2.75) is 31.8 Å². The number of piperidine rings is 1. The van der Waals surface area contributed by atoms with Crippen molar-refractivity contribution in [1.29, 1.82) is 0 Å². The van der Waals surface area contributed by atoms with Gasteiger partial charge in [0.05, 0.1) is 5.69 Å². The Labute approximate surface area is 182 Å². The maximum absolute atomic E-state index is 13.9. The van der Waals surface area contributed by atoms with E-state index in [1.165, 1.54) is 12.1 Å². The van der Waals surface area contributed by atoms with Crippen LogP contribution in [0, 0.1) is 5.82 Å². The highest BCUT2D eigenvalue weighted by molar-refractivity contribution is 9.10. The van der Waals surface area contributed by atoms with Crippen molar-refractivity contribution < 1.29 is 18.8 Å². The average molecular weight is 474 g/mol. The van der Waals surface area contributed by atoms with Gasteiger partial charge in [-0.05, 0) is 55.2 Å². The summed E-state index contributed by atoms with van der Waals surface area (Å²) in [6.07, 6.45) is 2.62. The minimum Gasteiger partial charge on any atom is -0.329 e. The van der Waals surface area contributed by atoms with Crippen molar-refractivity contribution in [2.24, 2.45) is 0 Å². The van der Waals surface area contributed by atoms with Crippen molar-refractivity contribution >= 4 is 39.3 Å². The van der Waals surface area contributed by atoms with Crippen LogP contribution in [0.2, 0.25) is 0 Å². The molecule has 0 saturated carbocycles. The highest BCUT2D eigenvalue weighted by atomic mass is 79.9. The number of piperazine rings is 1. The number of hydrogen-bond donors (Lipinski definition) is 1. The fraction of sp³-hybridized carbons (Fsp3) is 0.318.